The van der Waals surface area contributed by atoms with Gasteiger partial charge in [0.1, 0.15) is 5.75 Å². The van der Waals surface area contributed by atoms with Gasteiger partial charge < -0.3 is 15.2 Å². The van der Waals surface area contributed by atoms with Gasteiger partial charge in [0, 0.05) is 16.5 Å². The van der Waals surface area contributed by atoms with Crippen molar-refractivity contribution in [2.24, 2.45) is 0 Å². The molecule has 4 nitrogen and oxygen atoms in total. The average Bonchev–Trinajstić information content (AvgIpc) is 2.72. The number of aromatic hydroxyl groups is 1. The van der Waals surface area contributed by atoms with Crippen molar-refractivity contribution in [1.82, 2.24) is 0 Å². The smallest absolute Gasteiger partial charge is 0.416 e. The van der Waals surface area contributed by atoms with Crippen molar-refractivity contribution >= 4 is 46.4 Å². The van der Waals surface area contributed by atoms with E-state index >= 15 is 0 Å². The van der Waals surface area contributed by atoms with Gasteiger partial charge in [-0.15, -0.1) is 0 Å². The summed E-state index contributed by atoms with van der Waals surface area (Å²) < 4.78 is 45.5. The van der Waals surface area contributed by atoms with Crippen LogP contribution < -0.4 is 10.1 Å². The number of ether oxygens (including phenoxy) is 1. The maximum absolute atomic E-state index is 13.3. The van der Waals surface area contributed by atoms with Gasteiger partial charge in [0.25, 0.3) is 5.91 Å². The van der Waals surface area contributed by atoms with Crippen LogP contribution in [0.5, 0.6) is 11.5 Å². The molecule has 0 heterocycles. The summed E-state index contributed by atoms with van der Waals surface area (Å²) in [6, 6.07) is 12.1. The Morgan fingerprint density at radius 3 is 2.28 bits per heavy atom. The molecule has 3 aromatic carbocycles. The molecule has 32 heavy (non-hydrogen) atoms. The number of nitrogens with one attached hydrogen (secondary N) is 1. The maximum Gasteiger partial charge on any atom is 0.416 e. The molecular weight excluding hydrogens is 490 g/mol. The number of benzene rings is 3. The van der Waals surface area contributed by atoms with Crippen molar-refractivity contribution < 1.29 is 27.8 Å². The van der Waals surface area contributed by atoms with Gasteiger partial charge in [-0.25, -0.2) is 0 Å². The van der Waals surface area contributed by atoms with Crippen LogP contribution in [0.15, 0.2) is 54.6 Å². The fraction of sp³-hybridized carbons (Fsp3) is 0.136. The minimum Gasteiger partial charge on any atom is -0.507 e. The van der Waals surface area contributed by atoms with Crippen LogP contribution in [0.3, 0.4) is 0 Å². The summed E-state index contributed by atoms with van der Waals surface area (Å²) in [6.45, 7) is 0.0675. The molecule has 0 aliphatic rings. The summed E-state index contributed by atoms with van der Waals surface area (Å²) >= 11 is 17.8. The number of amides is 1. The third kappa shape index (κ3) is 6.00. The second-order valence-electron chi connectivity index (χ2n) is 6.67. The molecule has 3 rings (SSSR count). The molecule has 0 radical (unpaired) electrons. The van der Waals surface area contributed by atoms with Gasteiger partial charge >= 0.3 is 6.18 Å². The average molecular weight is 505 g/mol. The van der Waals surface area contributed by atoms with E-state index in [2.05, 4.69) is 5.32 Å². The standard InChI is InChI=1S/C22H15Cl3F3NO3/c23-14-3-1-12(2-4-14)7-8-32-20-17(25)9-13(22(26,27)28)10-18(20)29-21(31)16-11-15(24)5-6-19(16)30/h1-6,9-11,30H,7-8H2,(H,29,31). The van der Waals surface area contributed by atoms with E-state index in [0.717, 1.165) is 5.56 Å². The lowest BCUT2D eigenvalue weighted by Gasteiger charge is -2.17. The van der Waals surface area contributed by atoms with E-state index in [-0.39, 0.29) is 33.7 Å². The Morgan fingerprint density at radius 2 is 1.62 bits per heavy atom. The number of carbonyl (C=O) groups excluding carboxylic acids is 1. The molecule has 1 amide bonds. The summed E-state index contributed by atoms with van der Waals surface area (Å²) in [4.78, 5) is 12.6. The number of alkyl halides is 3. The number of hydrogen-bond acceptors (Lipinski definition) is 3. The van der Waals surface area contributed by atoms with Gasteiger partial charge in [0.15, 0.2) is 5.75 Å². The Kier molecular flexibility index (Phi) is 7.44. The molecule has 0 aliphatic heterocycles. The lowest BCUT2D eigenvalue weighted by molar-refractivity contribution is -0.137. The van der Waals surface area contributed by atoms with E-state index in [9.17, 15) is 23.1 Å². The summed E-state index contributed by atoms with van der Waals surface area (Å²) in [7, 11) is 0. The molecule has 168 valence electrons. The Morgan fingerprint density at radius 1 is 0.969 bits per heavy atom. The zero-order valence-corrected chi connectivity index (χ0v) is 18.4. The van der Waals surface area contributed by atoms with Gasteiger partial charge in [-0.05, 0) is 48.0 Å². The monoisotopic (exact) mass is 503 g/mol. The van der Waals surface area contributed by atoms with Gasteiger partial charge in [-0.3, -0.25) is 4.79 Å². The highest BCUT2D eigenvalue weighted by atomic mass is 35.5. The molecule has 0 spiro atoms. The normalized spacial score (nSPS) is 11.3. The van der Waals surface area contributed by atoms with E-state index in [1.807, 2.05) is 0 Å². The Labute approximate surface area is 196 Å². The zero-order valence-electron chi connectivity index (χ0n) is 16.1. The van der Waals surface area contributed by atoms with Gasteiger partial charge in [-0.1, -0.05) is 46.9 Å². The largest absolute Gasteiger partial charge is 0.507 e. The summed E-state index contributed by atoms with van der Waals surface area (Å²) in [5.74, 6) is -1.42. The topological polar surface area (TPSA) is 58.6 Å². The van der Waals surface area contributed by atoms with E-state index in [1.54, 1.807) is 24.3 Å². The van der Waals surface area contributed by atoms with E-state index < -0.39 is 23.4 Å². The predicted molar refractivity (Wildman–Crippen MR) is 118 cm³/mol. The number of anilines is 1. The maximum atomic E-state index is 13.3. The highest BCUT2D eigenvalue weighted by molar-refractivity contribution is 6.33. The highest BCUT2D eigenvalue weighted by Crippen LogP contribution is 2.41. The first kappa shape index (κ1) is 24.0. The predicted octanol–water partition coefficient (Wildman–Crippen LogP) is 7.25. The molecule has 0 saturated heterocycles. The van der Waals surface area contributed by atoms with Crippen LogP contribution in [0.4, 0.5) is 18.9 Å². The molecule has 0 saturated carbocycles. The van der Waals surface area contributed by atoms with Gasteiger partial charge in [0.05, 0.1) is 28.4 Å². The summed E-state index contributed by atoms with van der Waals surface area (Å²) in [5.41, 5.74) is -0.714. The molecule has 0 atom stereocenters. The summed E-state index contributed by atoms with van der Waals surface area (Å²) in [6.07, 6.45) is -4.29. The fourth-order valence-corrected chi connectivity index (χ4v) is 3.37. The fourth-order valence-electron chi connectivity index (χ4n) is 2.80. The van der Waals surface area contributed by atoms with E-state index in [4.69, 9.17) is 39.5 Å². The van der Waals surface area contributed by atoms with Gasteiger partial charge in [0.2, 0.25) is 0 Å². The SMILES string of the molecule is O=C(Nc1cc(C(F)(F)F)cc(Cl)c1OCCc1ccc(Cl)cc1)c1cc(Cl)ccc1O. The number of hydrogen-bond donors (Lipinski definition) is 2. The third-order valence-electron chi connectivity index (χ3n) is 4.37. The minimum atomic E-state index is -4.71. The van der Waals surface area contributed by atoms with Crippen molar-refractivity contribution in [1.29, 1.82) is 0 Å². The van der Waals surface area contributed by atoms with Crippen LogP contribution in [0, 0.1) is 0 Å². The molecule has 0 aromatic heterocycles. The number of carbonyl (C=O) groups is 1. The molecule has 0 fully saturated rings. The van der Waals surface area contributed by atoms with Crippen LogP contribution >= 0.6 is 34.8 Å². The van der Waals surface area contributed by atoms with Crippen LogP contribution in [0.25, 0.3) is 0 Å². The van der Waals surface area contributed by atoms with Crippen molar-refractivity contribution in [3.05, 3.63) is 86.4 Å². The van der Waals surface area contributed by atoms with Crippen molar-refractivity contribution in [3.63, 3.8) is 0 Å². The molecule has 0 unspecified atom stereocenters. The number of phenols is 1. The Hall–Kier alpha value is -2.61. The first-order chi connectivity index (χ1) is 15.0. The lowest BCUT2D eigenvalue weighted by Crippen LogP contribution is -2.15. The van der Waals surface area contributed by atoms with Crippen LogP contribution in [-0.4, -0.2) is 17.6 Å². The van der Waals surface area contributed by atoms with Crippen LogP contribution in [0.2, 0.25) is 15.1 Å². The molecule has 0 bridgehead atoms. The van der Waals surface area contributed by atoms with E-state index in [0.29, 0.717) is 23.6 Å². The molecule has 3 aromatic rings. The second-order valence-corrected chi connectivity index (χ2v) is 7.95. The zero-order chi connectivity index (χ0) is 23.5. The second kappa shape index (κ2) is 9.90. The van der Waals surface area contributed by atoms with E-state index in [1.165, 1.54) is 18.2 Å². The molecule has 10 heteroatoms. The lowest BCUT2D eigenvalue weighted by atomic mass is 10.1. The number of halogens is 6. The first-order valence-electron chi connectivity index (χ1n) is 9.12. The van der Waals surface area contributed by atoms with Crippen LogP contribution in [-0.2, 0) is 12.6 Å². The number of rotatable bonds is 6. The molecule has 0 aliphatic carbocycles. The first-order valence-corrected chi connectivity index (χ1v) is 10.3. The van der Waals surface area contributed by atoms with Crippen molar-refractivity contribution in [2.75, 3.05) is 11.9 Å². The van der Waals surface area contributed by atoms with Crippen molar-refractivity contribution in [2.45, 2.75) is 12.6 Å². The quantitative estimate of drug-likeness (QED) is 0.372. The van der Waals surface area contributed by atoms with Crippen LogP contribution in [0.1, 0.15) is 21.5 Å². The summed E-state index contributed by atoms with van der Waals surface area (Å²) in [5, 5.41) is 12.6. The third-order valence-corrected chi connectivity index (χ3v) is 5.14. The van der Waals surface area contributed by atoms with Gasteiger partial charge in [-0.2, -0.15) is 13.2 Å². The Bertz CT molecular complexity index is 1140. The Balaban J connectivity index is 1.89. The number of phenolic OH excluding ortho intramolecular Hbond substituents is 1. The highest BCUT2D eigenvalue weighted by Gasteiger charge is 2.33. The minimum absolute atomic E-state index is 0.0675. The molecule has 2 N–H and O–H groups in total. The van der Waals surface area contributed by atoms with Crippen molar-refractivity contribution in [3.8, 4) is 11.5 Å². The molecular formula is C22H15Cl3F3NO3.